The van der Waals surface area contributed by atoms with Crippen LogP contribution >= 0.6 is 0 Å². The molecule has 0 saturated heterocycles. The number of aromatic nitrogens is 2. The van der Waals surface area contributed by atoms with Crippen molar-refractivity contribution < 1.29 is 9.53 Å². The largest absolute Gasteiger partial charge is 0.481 e. The lowest BCUT2D eigenvalue weighted by molar-refractivity contribution is 0.0999. The second-order valence-corrected chi connectivity index (χ2v) is 8.00. The molecule has 2 aromatic carbocycles. The molecule has 2 heterocycles. The fourth-order valence-corrected chi connectivity index (χ4v) is 4.07. The zero-order valence-electron chi connectivity index (χ0n) is 19.4. The van der Waals surface area contributed by atoms with Crippen LogP contribution in [0.2, 0.25) is 0 Å². The van der Waals surface area contributed by atoms with E-state index in [9.17, 15) is 4.79 Å². The highest BCUT2D eigenvalue weighted by molar-refractivity contribution is 5.93. The molecule has 0 atom stereocenters. The number of nitrogens with one attached hydrogen (secondary N) is 1. The predicted molar refractivity (Wildman–Crippen MR) is 135 cm³/mol. The van der Waals surface area contributed by atoms with Gasteiger partial charge in [-0.3, -0.25) is 9.78 Å². The highest BCUT2D eigenvalue weighted by atomic mass is 16.5. The first-order valence-electron chi connectivity index (χ1n) is 11.2. The molecule has 0 aliphatic rings. The first-order chi connectivity index (χ1) is 16.6. The molecule has 34 heavy (non-hydrogen) atoms. The number of hydrogen-bond donors (Lipinski definition) is 2. The predicted octanol–water partition coefficient (Wildman–Crippen LogP) is 4.56. The molecule has 0 fully saturated rings. The molecule has 4 aromatic rings. The van der Waals surface area contributed by atoms with Crippen molar-refractivity contribution in [3.05, 3.63) is 101 Å². The molecule has 6 nitrogen and oxygen atoms in total. The van der Waals surface area contributed by atoms with Gasteiger partial charge < -0.3 is 15.8 Å². The third kappa shape index (κ3) is 5.13. The Labute approximate surface area is 199 Å². The zero-order valence-corrected chi connectivity index (χ0v) is 19.4. The average Bonchev–Trinajstić information content (AvgIpc) is 2.87. The van der Waals surface area contributed by atoms with E-state index in [0.717, 1.165) is 16.8 Å². The Morgan fingerprint density at radius 2 is 1.76 bits per heavy atom. The molecule has 0 aliphatic heterocycles. The number of carbonyl (C=O) groups is 1. The molecule has 0 bridgehead atoms. The summed E-state index contributed by atoms with van der Waals surface area (Å²) in [5.74, 6) is 0.126. The van der Waals surface area contributed by atoms with Gasteiger partial charge in [0.1, 0.15) is 0 Å². The SMILES string of the molecule is COc1nc(-c2cccc(-c3ccccc3)c2C)ccc1CNCCc1ncccc1C(N)=O. The van der Waals surface area contributed by atoms with Gasteiger partial charge in [0.25, 0.3) is 5.91 Å². The second kappa shape index (κ2) is 10.7. The van der Waals surface area contributed by atoms with E-state index in [1.807, 2.05) is 30.3 Å². The maximum atomic E-state index is 11.6. The van der Waals surface area contributed by atoms with Gasteiger partial charge in [0, 0.05) is 36.8 Å². The minimum atomic E-state index is -0.462. The van der Waals surface area contributed by atoms with Crippen molar-refractivity contribution >= 4 is 5.91 Å². The highest BCUT2D eigenvalue weighted by Crippen LogP contribution is 2.32. The summed E-state index contributed by atoms with van der Waals surface area (Å²) >= 11 is 0. The molecule has 0 spiro atoms. The summed E-state index contributed by atoms with van der Waals surface area (Å²) in [6, 6.07) is 24.1. The van der Waals surface area contributed by atoms with Gasteiger partial charge in [-0.2, -0.15) is 0 Å². The Morgan fingerprint density at radius 1 is 0.971 bits per heavy atom. The van der Waals surface area contributed by atoms with Crippen molar-refractivity contribution in [2.45, 2.75) is 19.9 Å². The van der Waals surface area contributed by atoms with Gasteiger partial charge in [0.2, 0.25) is 5.88 Å². The van der Waals surface area contributed by atoms with Gasteiger partial charge in [-0.25, -0.2) is 4.98 Å². The second-order valence-electron chi connectivity index (χ2n) is 8.00. The quantitative estimate of drug-likeness (QED) is 0.364. The number of benzene rings is 2. The highest BCUT2D eigenvalue weighted by Gasteiger charge is 2.13. The lowest BCUT2D eigenvalue weighted by Crippen LogP contribution is -2.21. The summed E-state index contributed by atoms with van der Waals surface area (Å²) in [6.07, 6.45) is 2.26. The van der Waals surface area contributed by atoms with Crippen molar-refractivity contribution in [2.75, 3.05) is 13.7 Å². The Kier molecular flexibility index (Phi) is 7.30. The number of ether oxygens (including phenoxy) is 1. The van der Waals surface area contributed by atoms with Crippen LogP contribution in [0.1, 0.15) is 27.2 Å². The number of primary amides is 1. The van der Waals surface area contributed by atoms with Crippen LogP contribution in [0.4, 0.5) is 0 Å². The van der Waals surface area contributed by atoms with E-state index < -0.39 is 5.91 Å². The fraction of sp³-hybridized carbons (Fsp3) is 0.179. The van der Waals surface area contributed by atoms with Gasteiger partial charge in [-0.05, 0) is 41.8 Å². The smallest absolute Gasteiger partial charge is 0.250 e. The number of pyridine rings is 2. The van der Waals surface area contributed by atoms with Crippen molar-refractivity contribution in [1.29, 1.82) is 0 Å². The van der Waals surface area contributed by atoms with Crippen molar-refractivity contribution in [3.63, 3.8) is 0 Å². The van der Waals surface area contributed by atoms with Crippen LogP contribution in [0.3, 0.4) is 0 Å². The van der Waals surface area contributed by atoms with Crippen molar-refractivity contribution in [2.24, 2.45) is 5.73 Å². The summed E-state index contributed by atoms with van der Waals surface area (Å²) in [5.41, 5.74) is 13.0. The van der Waals surface area contributed by atoms with E-state index in [2.05, 4.69) is 47.6 Å². The maximum absolute atomic E-state index is 11.6. The van der Waals surface area contributed by atoms with E-state index in [0.29, 0.717) is 36.6 Å². The summed E-state index contributed by atoms with van der Waals surface area (Å²) in [7, 11) is 1.63. The van der Waals surface area contributed by atoms with Gasteiger partial charge >= 0.3 is 0 Å². The summed E-state index contributed by atoms with van der Waals surface area (Å²) in [4.78, 5) is 20.6. The number of carbonyl (C=O) groups excluding carboxylic acids is 1. The molecule has 3 N–H and O–H groups in total. The van der Waals surface area contributed by atoms with Crippen LogP contribution in [0.25, 0.3) is 22.4 Å². The zero-order chi connectivity index (χ0) is 23.9. The van der Waals surface area contributed by atoms with Crippen LogP contribution in [0, 0.1) is 6.92 Å². The number of rotatable bonds is 9. The van der Waals surface area contributed by atoms with Gasteiger partial charge in [-0.15, -0.1) is 0 Å². The van der Waals surface area contributed by atoms with E-state index in [-0.39, 0.29) is 0 Å². The minimum Gasteiger partial charge on any atom is -0.481 e. The van der Waals surface area contributed by atoms with E-state index in [1.165, 1.54) is 16.7 Å². The summed E-state index contributed by atoms with van der Waals surface area (Å²) < 4.78 is 5.60. The van der Waals surface area contributed by atoms with Crippen molar-refractivity contribution in [3.8, 4) is 28.3 Å². The number of methoxy groups -OCH3 is 1. The Balaban J connectivity index is 1.48. The van der Waals surface area contributed by atoms with Gasteiger partial charge in [0.05, 0.1) is 24.1 Å². The third-order valence-electron chi connectivity index (χ3n) is 5.84. The van der Waals surface area contributed by atoms with Crippen LogP contribution in [0.15, 0.2) is 79.0 Å². The third-order valence-corrected chi connectivity index (χ3v) is 5.84. The molecule has 0 aliphatic carbocycles. The lowest BCUT2D eigenvalue weighted by Gasteiger charge is -2.14. The van der Waals surface area contributed by atoms with E-state index >= 15 is 0 Å². The molecule has 0 radical (unpaired) electrons. The van der Waals surface area contributed by atoms with Crippen LogP contribution in [0.5, 0.6) is 5.88 Å². The van der Waals surface area contributed by atoms with Crippen molar-refractivity contribution in [1.82, 2.24) is 15.3 Å². The first kappa shape index (κ1) is 23.1. The lowest BCUT2D eigenvalue weighted by atomic mass is 9.94. The van der Waals surface area contributed by atoms with Gasteiger partial charge in [-0.1, -0.05) is 54.6 Å². The standard InChI is InChI=1S/C28H28N4O2/c1-19-22(20-8-4-3-5-9-20)10-6-11-23(19)26-14-13-21(28(32-26)34-2)18-30-17-15-25-24(27(29)33)12-7-16-31-25/h3-14,16,30H,15,17-18H2,1-2H3,(H2,29,33). The fourth-order valence-electron chi connectivity index (χ4n) is 4.07. The Hall–Kier alpha value is -4.03. The Morgan fingerprint density at radius 3 is 2.53 bits per heavy atom. The summed E-state index contributed by atoms with van der Waals surface area (Å²) in [5, 5.41) is 3.38. The van der Waals surface area contributed by atoms with Crippen LogP contribution in [-0.4, -0.2) is 29.5 Å². The molecular formula is C28H28N4O2. The normalized spacial score (nSPS) is 10.8. The molecular weight excluding hydrogens is 424 g/mol. The molecule has 1 amide bonds. The number of nitrogens with zero attached hydrogens (tertiary/aromatic N) is 2. The number of hydrogen-bond acceptors (Lipinski definition) is 5. The molecule has 172 valence electrons. The molecule has 6 heteroatoms. The maximum Gasteiger partial charge on any atom is 0.250 e. The molecule has 0 unspecified atom stereocenters. The topological polar surface area (TPSA) is 90.1 Å². The minimum absolute atomic E-state index is 0.459. The monoisotopic (exact) mass is 452 g/mol. The number of amides is 1. The molecule has 2 aromatic heterocycles. The van der Waals surface area contributed by atoms with Gasteiger partial charge in [0.15, 0.2) is 0 Å². The number of nitrogens with two attached hydrogens (primary N) is 1. The van der Waals surface area contributed by atoms with E-state index in [4.69, 9.17) is 15.5 Å². The average molecular weight is 453 g/mol. The first-order valence-corrected chi connectivity index (χ1v) is 11.2. The summed E-state index contributed by atoms with van der Waals surface area (Å²) in [6.45, 7) is 3.35. The van der Waals surface area contributed by atoms with Crippen LogP contribution in [-0.2, 0) is 13.0 Å². The van der Waals surface area contributed by atoms with E-state index in [1.54, 1.807) is 25.4 Å². The molecule has 0 saturated carbocycles. The molecule has 4 rings (SSSR count). The Bertz CT molecular complexity index is 1290. The van der Waals surface area contributed by atoms with Crippen LogP contribution < -0.4 is 15.8 Å².